The summed E-state index contributed by atoms with van der Waals surface area (Å²) in [5, 5.41) is 3.11. The van der Waals surface area contributed by atoms with E-state index in [1.807, 2.05) is 30.3 Å². The van der Waals surface area contributed by atoms with Gasteiger partial charge < -0.3 is 10.3 Å². The monoisotopic (exact) mass is 447 g/mol. The van der Waals surface area contributed by atoms with Gasteiger partial charge in [0.1, 0.15) is 0 Å². The van der Waals surface area contributed by atoms with Crippen LogP contribution in [-0.2, 0) is 29.6 Å². The molecule has 31 heavy (non-hydrogen) atoms. The standard InChI is InChI=1S/C22H20F3N3O2S/c23-22(24,25)17-8-6-16(7-9-17)14-31-21-27-18(13-20(30)28-21)12-19(29)26-11-10-15-4-2-1-3-5-15/h1-9,13H,10-12,14H2,(H,26,29)(H,27,28,30). The molecule has 0 radical (unpaired) electrons. The van der Waals surface area contributed by atoms with Gasteiger partial charge in [-0.2, -0.15) is 13.2 Å². The average molecular weight is 447 g/mol. The second-order valence-electron chi connectivity index (χ2n) is 6.79. The zero-order valence-electron chi connectivity index (χ0n) is 16.4. The molecule has 0 aliphatic heterocycles. The normalized spacial score (nSPS) is 11.3. The van der Waals surface area contributed by atoms with Crippen LogP contribution in [0, 0.1) is 0 Å². The second kappa shape index (κ2) is 10.3. The molecular formula is C22H20F3N3O2S. The number of rotatable bonds is 8. The van der Waals surface area contributed by atoms with Gasteiger partial charge in [-0.3, -0.25) is 9.59 Å². The topological polar surface area (TPSA) is 74.8 Å². The molecule has 3 aromatic rings. The number of nitrogens with zero attached hydrogens (tertiary/aromatic N) is 1. The summed E-state index contributed by atoms with van der Waals surface area (Å²) >= 11 is 1.18. The summed E-state index contributed by atoms with van der Waals surface area (Å²) in [5.74, 6) is 0.0843. The van der Waals surface area contributed by atoms with Gasteiger partial charge in [-0.1, -0.05) is 54.2 Å². The van der Waals surface area contributed by atoms with Crippen LogP contribution < -0.4 is 10.9 Å². The van der Waals surface area contributed by atoms with Crippen molar-refractivity contribution in [1.82, 2.24) is 15.3 Å². The molecule has 1 amide bonds. The second-order valence-corrected chi connectivity index (χ2v) is 7.75. The van der Waals surface area contributed by atoms with E-state index in [4.69, 9.17) is 0 Å². The fourth-order valence-corrected chi connectivity index (χ4v) is 3.65. The van der Waals surface area contributed by atoms with Crippen molar-refractivity contribution >= 4 is 17.7 Å². The van der Waals surface area contributed by atoms with Crippen molar-refractivity contribution in [3.8, 4) is 0 Å². The van der Waals surface area contributed by atoms with Crippen molar-refractivity contribution in [2.24, 2.45) is 0 Å². The lowest BCUT2D eigenvalue weighted by Gasteiger charge is -2.08. The highest BCUT2D eigenvalue weighted by Crippen LogP contribution is 2.30. The molecule has 2 aromatic carbocycles. The van der Waals surface area contributed by atoms with E-state index in [0.717, 1.165) is 17.7 Å². The van der Waals surface area contributed by atoms with Gasteiger partial charge in [0.15, 0.2) is 5.16 Å². The van der Waals surface area contributed by atoms with Crippen LogP contribution in [0.3, 0.4) is 0 Å². The fraction of sp³-hybridized carbons (Fsp3) is 0.227. The van der Waals surface area contributed by atoms with E-state index in [9.17, 15) is 22.8 Å². The van der Waals surface area contributed by atoms with E-state index in [1.165, 1.54) is 30.0 Å². The number of halogens is 3. The van der Waals surface area contributed by atoms with Crippen LogP contribution in [0.5, 0.6) is 0 Å². The summed E-state index contributed by atoms with van der Waals surface area (Å²) < 4.78 is 37.9. The highest BCUT2D eigenvalue weighted by Gasteiger charge is 2.29. The van der Waals surface area contributed by atoms with Crippen LogP contribution in [0.4, 0.5) is 13.2 Å². The third-order valence-electron chi connectivity index (χ3n) is 4.35. The Morgan fingerprint density at radius 3 is 2.42 bits per heavy atom. The first-order valence-corrected chi connectivity index (χ1v) is 10.5. The number of hydrogen-bond donors (Lipinski definition) is 2. The van der Waals surface area contributed by atoms with Crippen LogP contribution in [0.1, 0.15) is 22.4 Å². The number of hydrogen-bond acceptors (Lipinski definition) is 4. The lowest BCUT2D eigenvalue weighted by atomic mass is 10.1. The number of thioether (sulfide) groups is 1. The molecule has 0 saturated carbocycles. The molecule has 5 nitrogen and oxygen atoms in total. The summed E-state index contributed by atoms with van der Waals surface area (Å²) in [4.78, 5) is 30.9. The summed E-state index contributed by atoms with van der Waals surface area (Å²) in [5.41, 5.74) is 0.990. The van der Waals surface area contributed by atoms with Crippen molar-refractivity contribution in [2.75, 3.05) is 6.54 Å². The molecule has 3 rings (SSSR count). The summed E-state index contributed by atoms with van der Waals surface area (Å²) in [6.07, 6.45) is -3.72. The Bertz CT molecular complexity index is 1070. The molecule has 0 unspecified atom stereocenters. The molecule has 2 N–H and O–H groups in total. The predicted molar refractivity (Wildman–Crippen MR) is 113 cm³/mol. The van der Waals surface area contributed by atoms with Gasteiger partial charge in [0.2, 0.25) is 5.91 Å². The molecule has 0 spiro atoms. The number of aromatic nitrogens is 2. The van der Waals surface area contributed by atoms with Crippen molar-refractivity contribution in [2.45, 2.75) is 29.9 Å². The number of carbonyl (C=O) groups is 1. The van der Waals surface area contributed by atoms with Gasteiger partial charge >= 0.3 is 6.18 Å². The molecule has 9 heteroatoms. The minimum absolute atomic E-state index is 0.0352. The lowest BCUT2D eigenvalue weighted by Crippen LogP contribution is -2.28. The van der Waals surface area contributed by atoms with E-state index in [-0.39, 0.29) is 12.3 Å². The molecular weight excluding hydrogens is 427 g/mol. The lowest BCUT2D eigenvalue weighted by molar-refractivity contribution is -0.137. The Morgan fingerprint density at radius 2 is 1.74 bits per heavy atom. The predicted octanol–water partition coefficient (Wildman–Crippen LogP) is 3.98. The van der Waals surface area contributed by atoms with Gasteiger partial charge in [0.05, 0.1) is 17.7 Å². The fourth-order valence-electron chi connectivity index (χ4n) is 2.80. The molecule has 162 valence electrons. The Labute approximate surface area is 181 Å². The zero-order valence-corrected chi connectivity index (χ0v) is 17.2. The first kappa shape index (κ1) is 22.6. The number of amides is 1. The highest BCUT2D eigenvalue weighted by atomic mass is 32.2. The van der Waals surface area contributed by atoms with E-state index in [0.29, 0.717) is 35.1 Å². The van der Waals surface area contributed by atoms with Gasteiger partial charge in [-0.15, -0.1) is 0 Å². The summed E-state index contributed by atoms with van der Waals surface area (Å²) in [6, 6.07) is 15.8. The average Bonchev–Trinajstić information content (AvgIpc) is 2.72. The number of H-pyrrole nitrogens is 1. The van der Waals surface area contributed by atoms with Crippen LogP contribution in [0.15, 0.2) is 70.6 Å². The molecule has 0 saturated heterocycles. The number of benzene rings is 2. The SMILES string of the molecule is O=C(Cc1cc(=O)[nH]c(SCc2ccc(C(F)(F)F)cc2)n1)NCCc1ccccc1. The Morgan fingerprint density at radius 1 is 1.03 bits per heavy atom. The maximum Gasteiger partial charge on any atom is 0.416 e. The Hall–Kier alpha value is -3.07. The molecule has 1 aromatic heterocycles. The summed E-state index contributed by atoms with van der Waals surface area (Å²) in [6.45, 7) is 0.474. The van der Waals surface area contributed by atoms with Gasteiger partial charge in [-0.05, 0) is 29.7 Å². The molecule has 0 atom stereocenters. The van der Waals surface area contributed by atoms with Crippen LogP contribution in [-0.4, -0.2) is 22.4 Å². The molecule has 0 fully saturated rings. The number of carbonyl (C=O) groups excluding carboxylic acids is 1. The van der Waals surface area contributed by atoms with E-state index < -0.39 is 17.3 Å². The van der Waals surface area contributed by atoms with Gasteiger partial charge in [0, 0.05) is 18.4 Å². The molecule has 0 aliphatic rings. The largest absolute Gasteiger partial charge is 0.416 e. The van der Waals surface area contributed by atoms with Crippen LogP contribution in [0.25, 0.3) is 0 Å². The van der Waals surface area contributed by atoms with Crippen LogP contribution >= 0.6 is 11.8 Å². The van der Waals surface area contributed by atoms with E-state index in [2.05, 4.69) is 15.3 Å². The Kier molecular flexibility index (Phi) is 7.51. The number of alkyl halides is 3. The third kappa shape index (κ3) is 7.29. The smallest absolute Gasteiger partial charge is 0.355 e. The van der Waals surface area contributed by atoms with Crippen molar-refractivity contribution in [3.63, 3.8) is 0 Å². The number of aromatic amines is 1. The van der Waals surface area contributed by atoms with Crippen molar-refractivity contribution < 1.29 is 18.0 Å². The third-order valence-corrected chi connectivity index (χ3v) is 5.29. The van der Waals surface area contributed by atoms with Crippen molar-refractivity contribution in [1.29, 1.82) is 0 Å². The summed E-state index contributed by atoms with van der Waals surface area (Å²) in [7, 11) is 0. The quantitative estimate of drug-likeness (QED) is 0.405. The van der Waals surface area contributed by atoms with E-state index >= 15 is 0 Å². The first-order chi connectivity index (χ1) is 14.8. The minimum atomic E-state index is -4.38. The zero-order chi connectivity index (χ0) is 22.3. The Balaban J connectivity index is 1.53. The van der Waals surface area contributed by atoms with E-state index in [1.54, 1.807) is 0 Å². The van der Waals surface area contributed by atoms with Gasteiger partial charge in [0.25, 0.3) is 5.56 Å². The van der Waals surface area contributed by atoms with Crippen LogP contribution in [0.2, 0.25) is 0 Å². The molecule has 0 bridgehead atoms. The molecule has 0 aliphatic carbocycles. The maximum absolute atomic E-state index is 12.6. The van der Waals surface area contributed by atoms with Crippen molar-refractivity contribution in [3.05, 3.63) is 93.4 Å². The highest BCUT2D eigenvalue weighted by molar-refractivity contribution is 7.98. The first-order valence-electron chi connectivity index (χ1n) is 9.49. The minimum Gasteiger partial charge on any atom is -0.355 e. The molecule has 1 heterocycles. The number of nitrogens with one attached hydrogen (secondary N) is 2. The van der Waals surface area contributed by atoms with Gasteiger partial charge in [-0.25, -0.2) is 4.98 Å². The maximum atomic E-state index is 12.6.